The summed E-state index contributed by atoms with van der Waals surface area (Å²) >= 11 is 0. The zero-order chi connectivity index (χ0) is 20.8. The molecule has 2 aromatic rings. The van der Waals surface area contributed by atoms with E-state index < -0.39 is 0 Å². The van der Waals surface area contributed by atoms with Gasteiger partial charge in [-0.3, -0.25) is 29.3 Å². The van der Waals surface area contributed by atoms with E-state index >= 15 is 0 Å². The third-order valence-corrected chi connectivity index (χ3v) is 5.19. The van der Waals surface area contributed by atoms with Crippen LogP contribution in [0.1, 0.15) is 25.7 Å². The largest absolute Gasteiger partial charge is 0.357 e. The fraction of sp³-hybridized carbons (Fsp3) is 0.500. The van der Waals surface area contributed by atoms with E-state index in [1.807, 2.05) is 37.2 Å². The van der Waals surface area contributed by atoms with Crippen molar-refractivity contribution in [2.45, 2.75) is 25.7 Å². The first kappa shape index (κ1) is 20.8. The number of para-hydroxylation sites is 1. The molecule has 156 valence electrons. The van der Waals surface area contributed by atoms with Crippen molar-refractivity contribution in [3.05, 3.63) is 18.2 Å². The van der Waals surface area contributed by atoms with E-state index in [2.05, 4.69) is 20.6 Å². The van der Waals surface area contributed by atoms with Gasteiger partial charge in [-0.1, -0.05) is 12.5 Å². The van der Waals surface area contributed by atoms with Crippen LogP contribution in [0.5, 0.6) is 0 Å². The lowest BCUT2D eigenvalue weighted by Gasteiger charge is -2.25. The molecule has 3 amide bonds. The third kappa shape index (κ3) is 5.11. The molecule has 0 bridgehead atoms. The lowest BCUT2D eigenvalue weighted by molar-refractivity contribution is -0.125. The summed E-state index contributed by atoms with van der Waals surface area (Å²) in [5, 5.41) is 10.6. The molecule has 0 unspecified atom stereocenters. The Labute approximate surface area is 170 Å². The lowest BCUT2D eigenvalue weighted by Crippen LogP contribution is -2.36. The second-order valence-electron chi connectivity index (χ2n) is 7.39. The maximum absolute atomic E-state index is 12.5. The smallest absolute Gasteiger partial charge is 0.238 e. The first-order valence-electron chi connectivity index (χ1n) is 9.91. The molecule has 1 aromatic heterocycles. The third-order valence-electron chi connectivity index (χ3n) is 5.19. The Morgan fingerprint density at radius 2 is 1.97 bits per heavy atom. The van der Waals surface area contributed by atoms with Crippen molar-refractivity contribution in [2.24, 2.45) is 7.05 Å². The van der Waals surface area contributed by atoms with Crippen LogP contribution in [0.4, 0.5) is 11.5 Å². The number of carbonyl (C=O) groups excluding carboxylic acids is 3. The molecule has 9 nitrogen and oxygen atoms in total. The number of anilines is 2. The van der Waals surface area contributed by atoms with E-state index in [4.69, 9.17) is 0 Å². The molecule has 9 heteroatoms. The maximum Gasteiger partial charge on any atom is 0.238 e. The van der Waals surface area contributed by atoms with Crippen molar-refractivity contribution in [3.8, 4) is 0 Å². The predicted molar refractivity (Wildman–Crippen MR) is 112 cm³/mol. The van der Waals surface area contributed by atoms with Gasteiger partial charge in [-0.15, -0.1) is 0 Å². The van der Waals surface area contributed by atoms with Gasteiger partial charge in [0.25, 0.3) is 0 Å². The van der Waals surface area contributed by atoms with E-state index in [-0.39, 0.29) is 18.2 Å². The molecule has 3 rings (SSSR count). The lowest BCUT2D eigenvalue weighted by atomic mass is 10.1. The van der Waals surface area contributed by atoms with Gasteiger partial charge in [0.1, 0.15) is 0 Å². The van der Waals surface area contributed by atoms with Gasteiger partial charge in [0, 0.05) is 32.4 Å². The minimum absolute atomic E-state index is 0.0268. The van der Waals surface area contributed by atoms with Crippen molar-refractivity contribution in [1.82, 2.24) is 20.0 Å². The maximum atomic E-state index is 12.5. The standard InChI is InChI=1S/C20H28N6O3/c1-24(12-9-17(28)21-14-27)20-15-7-6-8-16(19(15)25(2)23-20)22-18(29)13-26-10-4-3-5-11-26/h6-8,14H,3-5,9-13H2,1-2H3,(H,22,29)(H,21,27,28). The number of carbonyl (C=O) groups is 3. The number of aromatic nitrogens is 2. The normalized spacial score (nSPS) is 14.6. The highest BCUT2D eigenvalue weighted by Gasteiger charge is 2.18. The Balaban J connectivity index is 1.74. The van der Waals surface area contributed by atoms with Gasteiger partial charge in [0.05, 0.1) is 17.7 Å². The van der Waals surface area contributed by atoms with Crippen LogP contribution in [0, 0.1) is 0 Å². The average molecular weight is 400 g/mol. The minimum Gasteiger partial charge on any atom is -0.357 e. The molecule has 1 saturated heterocycles. The number of nitrogens with one attached hydrogen (secondary N) is 2. The number of imide groups is 1. The quantitative estimate of drug-likeness (QED) is 0.644. The zero-order valence-corrected chi connectivity index (χ0v) is 17.0. The van der Waals surface area contributed by atoms with Gasteiger partial charge in [0.15, 0.2) is 5.82 Å². The van der Waals surface area contributed by atoms with E-state index in [9.17, 15) is 14.4 Å². The molecule has 0 radical (unpaired) electrons. The molecule has 1 aromatic carbocycles. The van der Waals surface area contributed by atoms with Gasteiger partial charge < -0.3 is 10.2 Å². The molecule has 2 N–H and O–H groups in total. The monoisotopic (exact) mass is 400 g/mol. The molecule has 0 atom stereocenters. The molecule has 0 aliphatic carbocycles. The Morgan fingerprint density at radius 1 is 1.21 bits per heavy atom. The number of amides is 3. The Morgan fingerprint density at radius 3 is 2.69 bits per heavy atom. The molecular formula is C20H28N6O3. The summed E-state index contributed by atoms with van der Waals surface area (Å²) in [5.41, 5.74) is 1.55. The number of hydrogen-bond donors (Lipinski definition) is 2. The molecule has 0 saturated carbocycles. The summed E-state index contributed by atoms with van der Waals surface area (Å²) in [6, 6.07) is 5.70. The molecule has 2 heterocycles. The van der Waals surface area contributed by atoms with Gasteiger partial charge in [-0.2, -0.15) is 5.10 Å². The van der Waals surface area contributed by atoms with E-state index in [1.165, 1.54) is 6.42 Å². The van der Waals surface area contributed by atoms with Crippen LogP contribution in [-0.4, -0.2) is 66.1 Å². The van der Waals surface area contributed by atoms with E-state index in [0.717, 1.165) is 42.5 Å². The summed E-state index contributed by atoms with van der Waals surface area (Å²) in [4.78, 5) is 38.5. The summed E-state index contributed by atoms with van der Waals surface area (Å²) in [7, 11) is 3.68. The fourth-order valence-electron chi connectivity index (χ4n) is 3.72. The Hall–Kier alpha value is -2.94. The Kier molecular flexibility index (Phi) is 6.82. The molecule has 1 aliphatic heterocycles. The number of nitrogens with zero attached hydrogens (tertiary/aromatic N) is 4. The van der Waals surface area contributed by atoms with Crippen molar-refractivity contribution >= 4 is 40.6 Å². The van der Waals surface area contributed by atoms with Gasteiger partial charge >= 0.3 is 0 Å². The molecule has 1 fully saturated rings. The second-order valence-corrected chi connectivity index (χ2v) is 7.39. The summed E-state index contributed by atoms with van der Waals surface area (Å²) in [6.07, 6.45) is 4.09. The first-order chi connectivity index (χ1) is 14.0. The van der Waals surface area contributed by atoms with Crippen LogP contribution in [0.15, 0.2) is 18.2 Å². The van der Waals surface area contributed by atoms with E-state index in [1.54, 1.807) is 4.68 Å². The number of fused-ring (bicyclic) bond motifs is 1. The highest BCUT2D eigenvalue weighted by Crippen LogP contribution is 2.30. The predicted octanol–water partition coefficient (Wildman–Crippen LogP) is 1.10. The minimum atomic E-state index is -0.335. The van der Waals surface area contributed by atoms with Crippen molar-refractivity contribution in [2.75, 3.05) is 43.4 Å². The summed E-state index contributed by atoms with van der Waals surface area (Å²) in [6.45, 7) is 2.75. The van der Waals surface area contributed by atoms with Gasteiger partial charge in [-0.05, 0) is 38.1 Å². The number of piperidine rings is 1. The van der Waals surface area contributed by atoms with Crippen molar-refractivity contribution in [1.29, 1.82) is 0 Å². The van der Waals surface area contributed by atoms with Gasteiger partial charge in [0.2, 0.25) is 18.2 Å². The van der Waals surface area contributed by atoms with Crippen LogP contribution in [0.2, 0.25) is 0 Å². The summed E-state index contributed by atoms with van der Waals surface area (Å²) in [5.74, 6) is 0.354. The van der Waals surface area contributed by atoms with Crippen LogP contribution < -0.4 is 15.5 Å². The molecule has 29 heavy (non-hydrogen) atoms. The second kappa shape index (κ2) is 9.51. The van der Waals surface area contributed by atoms with Crippen LogP contribution in [0.25, 0.3) is 10.9 Å². The van der Waals surface area contributed by atoms with Crippen molar-refractivity contribution in [3.63, 3.8) is 0 Å². The van der Waals surface area contributed by atoms with Crippen LogP contribution in [-0.2, 0) is 21.4 Å². The van der Waals surface area contributed by atoms with Crippen LogP contribution in [0.3, 0.4) is 0 Å². The number of rotatable bonds is 8. The fourth-order valence-corrected chi connectivity index (χ4v) is 3.72. The number of aryl methyl sites for hydroxylation is 1. The molecule has 0 spiro atoms. The summed E-state index contributed by atoms with van der Waals surface area (Å²) < 4.78 is 1.74. The number of hydrogen-bond acceptors (Lipinski definition) is 6. The Bertz CT molecular complexity index is 888. The zero-order valence-electron chi connectivity index (χ0n) is 17.0. The van der Waals surface area contributed by atoms with Crippen LogP contribution >= 0.6 is 0 Å². The first-order valence-corrected chi connectivity index (χ1v) is 9.91. The van der Waals surface area contributed by atoms with Crippen molar-refractivity contribution < 1.29 is 14.4 Å². The molecular weight excluding hydrogens is 372 g/mol. The average Bonchev–Trinajstić information content (AvgIpc) is 3.05. The number of benzene rings is 1. The SMILES string of the molecule is CN(CCC(=O)NC=O)c1nn(C)c2c(NC(=O)CN3CCCCC3)cccc12. The highest BCUT2D eigenvalue weighted by molar-refractivity contribution is 6.04. The highest BCUT2D eigenvalue weighted by atomic mass is 16.2. The van der Waals surface area contributed by atoms with E-state index in [0.29, 0.717) is 25.3 Å². The topological polar surface area (TPSA) is 99.6 Å². The van der Waals surface area contributed by atoms with Gasteiger partial charge in [-0.25, -0.2) is 0 Å². The molecule has 1 aliphatic rings. The number of likely N-dealkylation sites (tertiary alicyclic amines) is 1.